The number of hydrogen-bond donors (Lipinski definition) is 1. The first-order valence-corrected chi connectivity index (χ1v) is 7.03. The first-order valence-electron chi connectivity index (χ1n) is 6.24. The number of halogens is 3. The summed E-state index contributed by atoms with van der Waals surface area (Å²) >= 11 is 3.02. The number of imidazole rings is 1. The molecule has 20 heavy (non-hydrogen) atoms. The van der Waals surface area contributed by atoms with Crippen molar-refractivity contribution < 1.29 is 13.9 Å². The van der Waals surface area contributed by atoms with Crippen LogP contribution in [0.5, 0.6) is 0 Å². The fourth-order valence-electron chi connectivity index (χ4n) is 2.06. The number of aliphatic hydroxyl groups excluding tert-OH is 1. The minimum atomic E-state index is -1.02. The summed E-state index contributed by atoms with van der Waals surface area (Å²) in [5, 5.41) is 10.2. The van der Waals surface area contributed by atoms with Gasteiger partial charge < -0.3 is 9.67 Å². The third-order valence-corrected chi connectivity index (χ3v) is 3.74. The number of hydrogen-bond acceptors (Lipinski definition) is 2. The molecule has 1 N–H and O–H groups in total. The van der Waals surface area contributed by atoms with Gasteiger partial charge in [-0.3, -0.25) is 0 Å². The number of aliphatic hydroxyl groups is 1. The minimum Gasteiger partial charge on any atom is -0.386 e. The van der Waals surface area contributed by atoms with E-state index in [0.717, 1.165) is 0 Å². The lowest BCUT2D eigenvalue weighted by molar-refractivity contribution is 0.164. The number of rotatable bonds is 4. The zero-order chi connectivity index (χ0) is 14.9. The smallest absolute Gasteiger partial charge is 0.143 e. The van der Waals surface area contributed by atoms with E-state index in [2.05, 4.69) is 20.9 Å². The van der Waals surface area contributed by atoms with Crippen LogP contribution in [0.15, 0.2) is 29.1 Å². The van der Waals surface area contributed by atoms with Crippen LogP contribution >= 0.6 is 15.9 Å². The Bertz CT molecular complexity index is 613. The average molecular weight is 345 g/mol. The highest BCUT2D eigenvalue weighted by Gasteiger charge is 2.20. The van der Waals surface area contributed by atoms with Crippen LogP contribution in [0, 0.1) is 11.6 Å². The maximum atomic E-state index is 13.9. The summed E-state index contributed by atoms with van der Waals surface area (Å²) in [6, 6.07) is 2.59. The van der Waals surface area contributed by atoms with E-state index >= 15 is 0 Å². The van der Waals surface area contributed by atoms with Crippen LogP contribution in [0.2, 0.25) is 0 Å². The highest BCUT2D eigenvalue weighted by molar-refractivity contribution is 9.10. The predicted octanol–water partition coefficient (Wildman–Crippen LogP) is 3.78. The van der Waals surface area contributed by atoms with E-state index in [4.69, 9.17) is 0 Å². The number of benzene rings is 1. The summed E-state index contributed by atoms with van der Waals surface area (Å²) in [6.45, 7) is 3.89. The van der Waals surface area contributed by atoms with Gasteiger partial charge in [-0.1, -0.05) is 0 Å². The molecule has 3 nitrogen and oxygen atoms in total. The molecule has 0 spiro atoms. The van der Waals surface area contributed by atoms with Crippen molar-refractivity contribution in [3.05, 3.63) is 52.0 Å². The second-order valence-corrected chi connectivity index (χ2v) is 5.72. The normalized spacial score (nSPS) is 12.9. The molecule has 1 aromatic heterocycles. The van der Waals surface area contributed by atoms with E-state index in [1.54, 1.807) is 10.9 Å². The van der Waals surface area contributed by atoms with E-state index < -0.39 is 17.7 Å². The van der Waals surface area contributed by atoms with Gasteiger partial charge in [-0.05, 0) is 41.9 Å². The second-order valence-electron chi connectivity index (χ2n) is 4.86. The van der Waals surface area contributed by atoms with Gasteiger partial charge in [0.2, 0.25) is 0 Å². The molecule has 1 unspecified atom stereocenters. The third kappa shape index (κ3) is 2.91. The molecule has 0 radical (unpaired) electrons. The van der Waals surface area contributed by atoms with Crippen molar-refractivity contribution in [1.82, 2.24) is 9.55 Å². The van der Waals surface area contributed by atoms with E-state index in [-0.39, 0.29) is 22.5 Å². The first kappa shape index (κ1) is 15.1. The first-order chi connectivity index (χ1) is 9.41. The maximum Gasteiger partial charge on any atom is 0.143 e. The van der Waals surface area contributed by atoms with Gasteiger partial charge in [-0.2, -0.15) is 0 Å². The molecule has 0 amide bonds. The molecule has 6 heteroatoms. The number of aromatic nitrogens is 2. The van der Waals surface area contributed by atoms with Crippen LogP contribution in [0.4, 0.5) is 8.78 Å². The topological polar surface area (TPSA) is 38.0 Å². The minimum absolute atomic E-state index is 0.111. The molecule has 0 bridgehead atoms. The van der Waals surface area contributed by atoms with Crippen molar-refractivity contribution in [2.45, 2.75) is 32.4 Å². The zero-order valence-corrected chi connectivity index (χ0v) is 12.7. The molecule has 108 valence electrons. The molecule has 1 aromatic carbocycles. The van der Waals surface area contributed by atoms with E-state index in [1.807, 2.05) is 13.8 Å². The molecule has 2 aromatic rings. The van der Waals surface area contributed by atoms with Crippen LogP contribution in [0.3, 0.4) is 0 Å². The average Bonchev–Trinajstić information content (AvgIpc) is 2.88. The molecule has 1 heterocycles. The van der Waals surface area contributed by atoms with Gasteiger partial charge in [0.15, 0.2) is 0 Å². The molecule has 0 saturated heterocycles. The Hall–Kier alpha value is -1.27. The molecule has 0 aliphatic heterocycles. The Morgan fingerprint density at radius 1 is 1.35 bits per heavy atom. The van der Waals surface area contributed by atoms with Gasteiger partial charge in [0, 0.05) is 18.0 Å². The van der Waals surface area contributed by atoms with Gasteiger partial charge in [-0.15, -0.1) is 0 Å². The van der Waals surface area contributed by atoms with E-state index in [9.17, 15) is 13.9 Å². The van der Waals surface area contributed by atoms with Crippen molar-refractivity contribution in [1.29, 1.82) is 0 Å². The Balaban J connectivity index is 2.30. The van der Waals surface area contributed by atoms with Gasteiger partial charge in [0.05, 0.1) is 28.8 Å². The lowest BCUT2D eigenvalue weighted by Crippen LogP contribution is -2.12. The van der Waals surface area contributed by atoms with Crippen LogP contribution in [-0.2, 0) is 6.42 Å². The summed E-state index contributed by atoms with van der Waals surface area (Å²) in [5.74, 6) is -1.35. The lowest BCUT2D eigenvalue weighted by Gasteiger charge is -2.17. The van der Waals surface area contributed by atoms with Crippen LogP contribution in [0.1, 0.15) is 37.3 Å². The van der Waals surface area contributed by atoms with Crippen LogP contribution < -0.4 is 0 Å². The Morgan fingerprint density at radius 2 is 2.05 bits per heavy atom. The molecule has 0 aliphatic carbocycles. The van der Waals surface area contributed by atoms with Gasteiger partial charge >= 0.3 is 0 Å². The number of nitrogens with zero attached hydrogens (tertiary/aromatic N) is 2. The molecule has 0 saturated carbocycles. The van der Waals surface area contributed by atoms with Crippen LogP contribution in [0.25, 0.3) is 0 Å². The van der Waals surface area contributed by atoms with E-state index in [1.165, 1.54) is 18.3 Å². The summed E-state index contributed by atoms with van der Waals surface area (Å²) < 4.78 is 29.6. The SMILES string of the molecule is CC(C)n1cncc1C(O)Cc1c(F)ccc(Br)c1F. The molecular formula is C14H15BrF2N2O. The van der Waals surface area contributed by atoms with Crippen molar-refractivity contribution in [3.63, 3.8) is 0 Å². The fourth-order valence-corrected chi connectivity index (χ4v) is 2.43. The standard InChI is InChI=1S/C14H15BrF2N2O/c1-8(2)19-7-18-6-12(19)13(20)5-9-11(16)4-3-10(15)14(9)17/h3-4,6-8,13,20H,5H2,1-2H3. The molecule has 2 rings (SSSR count). The van der Waals surface area contributed by atoms with Crippen molar-refractivity contribution in [2.75, 3.05) is 0 Å². The lowest BCUT2D eigenvalue weighted by atomic mass is 10.0. The Kier molecular flexibility index (Phi) is 4.55. The quantitative estimate of drug-likeness (QED) is 0.857. The summed E-state index contributed by atoms with van der Waals surface area (Å²) in [5.41, 5.74) is 0.405. The second kappa shape index (κ2) is 6.01. The Labute approximate surface area is 124 Å². The molecular weight excluding hydrogens is 330 g/mol. The maximum absolute atomic E-state index is 13.9. The van der Waals surface area contributed by atoms with Gasteiger partial charge in [0.1, 0.15) is 11.6 Å². The molecule has 0 aliphatic rings. The summed E-state index contributed by atoms with van der Waals surface area (Å²) in [4.78, 5) is 3.97. The summed E-state index contributed by atoms with van der Waals surface area (Å²) in [7, 11) is 0. The monoisotopic (exact) mass is 344 g/mol. The third-order valence-electron chi connectivity index (χ3n) is 3.13. The van der Waals surface area contributed by atoms with E-state index in [0.29, 0.717) is 5.69 Å². The van der Waals surface area contributed by atoms with Crippen LogP contribution in [-0.4, -0.2) is 14.7 Å². The summed E-state index contributed by atoms with van der Waals surface area (Å²) in [6.07, 6.45) is 1.95. The van der Waals surface area contributed by atoms with Crippen molar-refractivity contribution in [2.24, 2.45) is 0 Å². The highest BCUT2D eigenvalue weighted by atomic mass is 79.9. The van der Waals surface area contributed by atoms with Crippen molar-refractivity contribution in [3.8, 4) is 0 Å². The fraction of sp³-hybridized carbons (Fsp3) is 0.357. The highest BCUT2D eigenvalue weighted by Crippen LogP contribution is 2.27. The van der Waals surface area contributed by atoms with Gasteiger partial charge in [-0.25, -0.2) is 13.8 Å². The van der Waals surface area contributed by atoms with Gasteiger partial charge in [0.25, 0.3) is 0 Å². The zero-order valence-electron chi connectivity index (χ0n) is 11.1. The molecule has 1 atom stereocenters. The molecule has 0 fully saturated rings. The van der Waals surface area contributed by atoms with Crippen molar-refractivity contribution >= 4 is 15.9 Å². The predicted molar refractivity (Wildman–Crippen MR) is 75.3 cm³/mol. The Morgan fingerprint density at radius 3 is 2.70 bits per heavy atom. The largest absolute Gasteiger partial charge is 0.386 e.